The zero-order valence-corrected chi connectivity index (χ0v) is 15.9. The Hall–Kier alpha value is -0.640. The Labute approximate surface area is 140 Å². The SMILES string of the molecule is CCNC(c1ccccc1C(C)(C)C)c1cc(Br)sc1C. The van der Waals surface area contributed by atoms with Gasteiger partial charge in [-0.15, -0.1) is 11.3 Å². The van der Waals surface area contributed by atoms with Gasteiger partial charge < -0.3 is 5.32 Å². The van der Waals surface area contributed by atoms with E-state index in [4.69, 9.17) is 0 Å². The molecule has 3 heteroatoms. The number of thiophene rings is 1. The van der Waals surface area contributed by atoms with Crippen LogP contribution in [0.3, 0.4) is 0 Å². The summed E-state index contributed by atoms with van der Waals surface area (Å²) in [5.74, 6) is 0. The van der Waals surface area contributed by atoms with Gasteiger partial charge in [0, 0.05) is 4.88 Å². The monoisotopic (exact) mass is 365 g/mol. The standard InChI is InChI=1S/C18H24BrNS/c1-6-20-17(14-11-16(19)21-12(14)2)13-9-7-8-10-15(13)18(3,4)5/h7-11,17,20H,6H2,1-5H3. The second kappa shape index (κ2) is 6.64. The lowest BCUT2D eigenvalue weighted by molar-refractivity contribution is 0.557. The van der Waals surface area contributed by atoms with Crippen molar-refractivity contribution in [2.24, 2.45) is 0 Å². The van der Waals surface area contributed by atoms with Crippen LogP contribution in [0, 0.1) is 6.92 Å². The molecule has 1 aromatic carbocycles. The first-order valence-corrected chi connectivity index (χ1v) is 9.04. The van der Waals surface area contributed by atoms with Crippen molar-refractivity contribution in [2.45, 2.75) is 46.1 Å². The Kier molecular flexibility index (Phi) is 5.29. The topological polar surface area (TPSA) is 12.0 Å². The van der Waals surface area contributed by atoms with Crippen LogP contribution in [0.4, 0.5) is 0 Å². The molecule has 21 heavy (non-hydrogen) atoms. The van der Waals surface area contributed by atoms with Gasteiger partial charge in [0.15, 0.2) is 0 Å². The molecular weight excluding hydrogens is 342 g/mol. The molecule has 1 heterocycles. The number of hydrogen-bond donors (Lipinski definition) is 1. The van der Waals surface area contributed by atoms with Crippen molar-refractivity contribution in [1.29, 1.82) is 0 Å². The molecule has 1 N–H and O–H groups in total. The van der Waals surface area contributed by atoms with E-state index in [1.165, 1.54) is 25.4 Å². The first-order chi connectivity index (χ1) is 9.84. The maximum atomic E-state index is 3.67. The van der Waals surface area contributed by atoms with Gasteiger partial charge in [0.05, 0.1) is 9.83 Å². The first-order valence-electron chi connectivity index (χ1n) is 7.43. The molecule has 0 saturated heterocycles. The summed E-state index contributed by atoms with van der Waals surface area (Å²) in [6.45, 7) is 12.2. The number of hydrogen-bond acceptors (Lipinski definition) is 2. The Balaban J connectivity index is 2.56. The highest BCUT2D eigenvalue weighted by Gasteiger charge is 2.24. The molecule has 114 valence electrons. The minimum atomic E-state index is 0.144. The number of aryl methyl sites for hydroxylation is 1. The summed E-state index contributed by atoms with van der Waals surface area (Å²) >= 11 is 5.43. The van der Waals surface area contributed by atoms with Gasteiger partial charge in [0.25, 0.3) is 0 Å². The Morgan fingerprint density at radius 1 is 1.19 bits per heavy atom. The molecule has 1 nitrogen and oxygen atoms in total. The maximum absolute atomic E-state index is 3.67. The van der Waals surface area contributed by atoms with E-state index in [1.807, 2.05) is 11.3 Å². The average molecular weight is 366 g/mol. The molecule has 0 amide bonds. The highest BCUT2D eigenvalue weighted by Crippen LogP contribution is 2.37. The van der Waals surface area contributed by atoms with Gasteiger partial charge in [-0.1, -0.05) is 52.0 Å². The second-order valence-electron chi connectivity index (χ2n) is 6.39. The van der Waals surface area contributed by atoms with Gasteiger partial charge in [-0.25, -0.2) is 0 Å². The second-order valence-corrected chi connectivity index (χ2v) is 9.03. The first kappa shape index (κ1) is 16.7. The summed E-state index contributed by atoms with van der Waals surface area (Å²) in [6.07, 6.45) is 0. The normalized spacial score (nSPS) is 13.4. The molecule has 0 aliphatic carbocycles. The Morgan fingerprint density at radius 2 is 1.86 bits per heavy atom. The molecule has 0 bridgehead atoms. The number of rotatable bonds is 4. The lowest BCUT2D eigenvalue weighted by Gasteiger charge is -2.28. The molecule has 1 atom stereocenters. The van der Waals surface area contributed by atoms with Crippen molar-refractivity contribution in [3.8, 4) is 0 Å². The molecule has 0 radical (unpaired) electrons. The van der Waals surface area contributed by atoms with Crippen LogP contribution in [0.2, 0.25) is 0 Å². The summed E-state index contributed by atoms with van der Waals surface area (Å²) in [6, 6.07) is 11.3. The van der Waals surface area contributed by atoms with E-state index >= 15 is 0 Å². The third-order valence-electron chi connectivity index (χ3n) is 3.73. The number of nitrogens with one attached hydrogen (secondary N) is 1. The Bertz CT molecular complexity index is 610. The zero-order chi connectivity index (χ0) is 15.6. The van der Waals surface area contributed by atoms with Crippen molar-refractivity contribution in [3.05, 3.63) is 55.7 Å². The van der Waals surface area contributed by atoms with Crippen LogP contribution in [0.5, 0.6) is 0 Å². The predicted molar refractivity (Wildman–Crippen MR) is 97.4 cm³/mol. The van der Waals surface area contributed by atoms with Crippen molar-refractivity contribution in [2.75, 3.05) is 6.54 Å². The van der Waals surface area contributed by atoms with E-state index in [0.29, 0.717) is 0 Å². The van der Waals surface area contributed by atoms with Gasteiger partial charge in [0.1, 0.15) is 0 Å². The largest absolute Gasteiger partial charge is 0.306 e. The fourth-order valence-electron chi connectivity index (χ4n) is 2.77. The van der Waals surface area contributed by atoms with E-state index in [0.717, 1.165) is 6.54 Å². The van der Waals surface area contributed by atoms with E-state index < -0.39 is 0 Å². The molecular formula is C18H24BrNS. The van der Waals surface area contributed by atoms with E-state index in [1.54, 1.807) is 0 Å². The molecule has 0 fully saturated rings. The minimum Gasteiger partial charge on any atom is -0.306 e. The van der Waals surface area contributed by atoms with Crippen LogP contribution < -0.4 is 5.32 Å². The van der Waals surface area contributed by atoms with Gasteiger partial charge in [-0.05, 0) is 57.6 Å². The third-order valence-corrected chi connectivity index (χ3v) is 5.29. The van der Waals surface area contributed by atoms with Crippen molar-refractivity contribution < 1.29 is 0 Å². The van der Waals surface area contributed by atoms with Crippen LogP contribution in [0.25, 0.3) is 0 Å². The van der Waals surface area contributed by atoms with Crippen LogP contribution in [0.1, 0.15) is 55.3 Å². The molecule has 1 aromatic heterocycles. The van der Waals surface area contributed by atoms with E-state index in [2.05, 4.69) is 86.2 Å². The molecule has 0 spiro atoms. The minimum absolute atomic E-state index is 0.144. The lowest BCUT2D eigenvalue weighted by atomic mass is 9.80. The zero-order valence-electron chi connectivity index (χ0n) is 13.5. The third kappa shape index (κ3) is 3.77. The summed E-state index contributed by atoms with van der Waals surface area (Å²) in [4.78, 5) is 1.37. The molecule has 0 saturated carbocycles. The molecule has 2 rings (SSSR count). The van der Waals surface area contributed by atoms with Crippen molar-refractivity contribution >= 4 is 27.3 Å². The van der Waals surface area contributed by atoms with E-state index in [-0.39, 0.29) is 11.5 Å². The van der Waals surface area contributed by atoms with Crippen molar-refractivity contribution in [3.63, 3.8) is 0 Å². The molecule has 0 aliphatic heterocycles. The smallest absolute Gasteiger partial charge is 0.0704 e. The van der Waals surface area contributed by atoms with Crippen molar-refractivity contribution in [1.82, 2.24) is 5.32 Å². The summed E-state index contributed by atoms with van der Waals surface area (Å²) < 4.78 is 1.20. The van der Waals surface area contributed by atoms with Gasteiger partial charge in [0.2, 0.25) is 0 Å². The summed E-state index contributed by atoms with van der Waals surface area (Å²) in [5, 5.41) is 3.67. The number of benzene rings is 1. The predicted octanol–water partition coefficient (Wildman–Crippen LogP) is 5.82. The maximum Gasteiger partial charge on any atom is 0.0704 e. The quantitative estimate of drug-likeness (QED) is 0.719. The van der Waals surface area contributed by atoms with Crippen LogP contribution in [-0.2, 0) is 5.41 Å². The molecule has 2 aromatic rings. The highest BCUT2D eigenvalue weighted by atomic mass is 79.9. The van der Waals surface area contributed by atoms with Crippen LogP contribution in [0.15, 0.2) is 34.1 Å². The van der Waals surface area contributed by atoms with Crippen LogP contribution >= 0.6 is 27.3 Å². The van der Waals surface area contributed by atoms with E-state index in [9.17, 15) is 0 Å². The fourth-order valence-corrected chi connectivity index (χ4v) is 4.52. The average Bonchev–Trinajstić information content (AvgIpc) is 2.74. The van der Waals surface area contributed by atoms with Gasteiger partial charge in [-0.2, -0.15) is 0 Å². The summed E-state index contributed by atoms with van der Waals surface area (Å²) in [5.41, 5.74) is 4.33. The lowest BCUT2D eigenvalue weighted by Crippen LogP contribution is -2.26. The fraction of sp³-hybridized carbons (Fsp3) is 0.444. The summed E-state index contributed by atoms with van der Waals surface area (Å²) in [7, 11) is 0. The van der Waals surface area contributed by atoms with Gasteiger partial charge >= 0.3 is 0 Å². The Morgan fingerprint density at radius 3 is 2.38 bits per heavy atom. The molecule has 0 aliphatic rings. The highest BCUT2D eigenvalue weighted by molar-refractivity contribution is 9.11. The number of halogens is 1. The van der Waals surface area contributed by atoms with Gasteiger partial charge in [-0.3, -0.25) is 0 Å². The molecule has 1 unspecified atom stereocenters. The van der Waals surface area contributed by atoms with Crippen LogP contribution in [-0.4, -0.2) is 6.54 Å².